The van der Waals surface area contributed by atoms with E-state index in [-0.39, 0.29) is 0 Å². The van der Waals surface area contributed by atoms with Crippen molar-refractivity contribution in [2.45, 2.75) is 52.6 Å². The minimum Gasteiger partial charge on any atom is -0.350 e. The lowest BCUT2D eigenvalue weighted by atomic mass is 10.1. The van der Waals surface area contributed by atoms with Gasteiger partial charge in [0, 0.05) is 13.1 Å². The van der Waals surface area contributed by atoms with Crippen molar-refractivity contribution in [3.63, 3.8) is 0 Å². The predicted octanol–water partition coefficient (Wildman–Crippen LogP) is 4.26. The maximum Gasteiger partial charge on any atom is 0.102 e. The minimum atomic E-state index is 0.573. The first-order valence-electron chi connectivity index (χ1n) is 7.45. The predicted molar refractivity (Wildman–Crippen MR) is 80.4 cm³/mol. The number of hydrogen-bond donors (Lipinski definition) is 0. The standard InChI is InChI=1S/C16H26N2/c1-4-7-8-13-16-17(5-2)14-11-9-10-12-15(14)18(16)6-3/h9-12,16H,4-8,13H2,1-3H3. The van der Waals surface area contributed by atoms with Crippen LogP contribution < -0.4 is 9.80 Å². The first-order chi connectivity index (χ1) is 8.83. The summed E-state index contributed by atoms with van der Waals surface area (Å²) in [6, 6.07) is 8.84. The normalized spacial score (nSPS) is 15.3. The summed E-state index contributed by atoms with van der Waals surface area (Å²) in [6.07, 6.45) is 5.84. The van der Waals surface area contributed by atoms with Crippen LogP contribution in [-0.2, 0) is 0 Å². The highest BCUT2D eigenvalue weighted by Gasteiger charge is 2.32. The molecule has 18 heavy (non-hydrogen) atoms. The van der Waals surface area contributed by atoms with Crippen LogP contribution in [0.5, 0.6) is 0 Å². The van der Waals surface area contributed by atoms with E-state index >= 15 is 0 Å². The first kappa shape index (κ1) is 13.3. The monoisotopic (exact) mass is 246 g/mol. The van der Waals surface area contributed by atoms with Crippen molar-refractivity contribution in [1.29, 1.82) is 0 Å². The third kappa shape index (κ3) is 2.33. The highest BCUT2D eigenvalue weighted by atomic mass is 15.4. The van der Waals surface area contributed by atoms with Gasteiger partial charge in [-0.15, -0.1) is 0 Å². The number of fused-ring (bicyclic) bond motifs is 1. The summed E-state index contributed by atoms with van der Waals surface area (Å²) in [5, 5.41) is 0. The molecule has 0 fully saturated rings. The number of nitrogens with zero attached hydrogens (tertiary/aromatic N) is 2. The van der Waals surface area contributed by atoms with E-state index in [1.807, 2.05) is 0 Å². The number of rotatable bonds is 6. The molecule has 0 bridgehead atoms. The fourth-order valence-corrected chi connectivity index (χ4v) is 3.09. The van der Waals surface area contributed by atoms with Crippen molar-refractivity contribution in [2.24, 2.45) is 0 Å². The molecule has 0 aromatic heterocycles. The molecule has 100 valence electrons. The Bertz CT molecular complexity index is 344. The fraction of sp³-hybridized carbons (Fsp3) is 0.625. The van der Waals surface area contributed by atoms with Gasteiger partial charge in [-0.25, -0.2) is 0 Å². The third-order valence-corrected chi connectivity index (χ3v) is 3.97. The van der Waals surface area contributed by atoms with Crippen LogP contribution in [0.2, 0.25) is 0 Å². The van der Waals surface area contributed by atoms with E-state index in [2.05, 4.69) is 54.8 Å². The molecule has 0 aliphatic carbocycles. The largest absolute Gasteiger partial charge is 0.350 e. The van der Waals surface area contributed by atoms with Crippen molar-refractivity contribution < 1.29 is 0 Å². The number of hydrogen-bond acceptors (Lipinski definition) is 2. The van der Waals surface area contributed by atoms with E-state index in [4.69, 9.17) is 0 Å². The molecule has 0 radical (unpaired) electrons. The van der Waals surface area contributed by atoms with Crippen LogP contribution in [0.25, 0.3) is 0 Å². The Kier molecular flexibility index (Phi) is 4.51. The summed E-state index contributed by atoms with van der Waals surface area (Å²) in [4.78, 5) is 5.13. The molecular formula is C16H26N2. The van der Waals surface area contributed by atoms with Crippen molar-refractivity contribution in [2.75, 3.05) is 22.9 Å². The van der Waals surface area contributed by atoms with Crippen LogP contribution in [-0.4, -0.2) is 19.3 Å². The minimum absolute atomic E-state index is 0.573. The highest BCUT2D eigenvalue weighted by molar-refractivity contribution is 5.77. The smallest absolute Gasteiger partial charge is 0.102 e. The van der Waals surface area contributed by atoms with Crippen LogP contribution in [0.1, 0.15) is 46.5 Å². The van der Waals surface area contributed by atoms with E-state index in [0.29, 0.717) is 6.17 Å². The lowest BCUT2D eigenvalue weighted by molar-refractivity contribution is 0.520. The molecule has 2 heteroatoms. The SMILES string of the molecule is CCCCCC1N(CC)c2ccccc2N1CC. The Morgan fingerprint density at radius 1 is 0.889 bits per heavy atom. The quantitative estimate of drug-likeness (QED) is 0.692. The van der Waals surface area contributed by atoms with Crippen LogP contribution in [0.3, 0.4) is 0 Å². The van der Waals surface area contributed by atoms with Crippen molar-refractivity contribution >= 4 is 11.4 Å². The Balaban J connectivity index is 2.19. The molecule has 1 heterocycles. The lowest BCUT2D eigenvalue weighted by Crippen LogP contribution is -2.43. The second-order valence-corrected chi connectivity index (χ2v) is 5.04. The van der Waals surface area contributed by atoms with Crippen molar-refractivity contribution in [3.8, 4) is 0 Å². The van der Waals surface area contributed by atoms with Gasteiger partial charge in [0.15, 0.2) is 0 Å². The second kappa shape index (κ2) is 6.12. The summed E-state index contributed by atoms with van der Waals surface area (Å²) in [5.41, 5.74) is 2.84. The zero-order valence-electron chi connectivity index (χ0n) is 12.0. The molecule has 0 saturated carbocycles. The van der Waals surface area contributed by atoms with Gasteiger partial charge in [-0.2, -0.15) is 0 Å². The molecule has 0 unspecified atom stereocenters. The average molecular weight is 246 g/mol. The van der Waals surface area contributed by atoms with Gasteiger partial charge in [0.25, 0.3) is 0 Å². The Labute approximate surface area is 112 Å². The second-order valence-electron chi connectivity index (χ2n) is 5.04. The molecule has 2 nitrogen and oxygen atoms in total. The Hall–Kier alpha value is -1.18. The molecule has 0 spiro atoms. The van der Waals surface area contributed by atoms with Crippen molar-refractivity contribution in [3.05, 3.63) is 24.3 Å². The van der Waals surface area contributed by atoms with Crippen LogP contribution in [0.15, 0.2) is 24.3 Å². The Morgan fingerprint density at radius 2 is 1.44 bits per heavy atom. The van der Waals surface area contributed by atoms with Crippen molar-refractivity contribution in [1.82, 2.24) is 0 Å². The van der Waals surface area contributed by atoms with E-state index in [1.54, 1.807) is 0 Å². The van der Waals surface area contributed by atoms with Gasteiger partial charge in [-0.05, 0) is 38.8 Å². The van der Waals surface area contributed by atoms with Gasteiger partial charge in [0.1, 0.15) is 6.17 Å². The number of benzene rings is 1. The van der Waals surface area contributed by atoms with Gasteiger partial charge in [0.2, 0.25) is 0 Å². The van der Waals surface area contributed by atoms with Gasteiger partial charge >= 0.3 is 0 Å². The molecule has 0 atom stereocenters. The summed E-state index contributed by atoms with van der Waals surface area (Å²) in [7, 11) is 0. The molecule has 1 aliphatic rings. The third-order valence-electron chi connectivity index (χ3n) is 3.97. The van der Waals surface area contributed by atoms with Crippen LogP contribution in [0, 0.1) is 0 Å². The summed E-state index contributed by atoms with van der Waals surface area (Å²) < 4.78 is 0. The fourth-order valence-electron chi connectivity index (χ4n) is 3.09. The van der Waals surface area contributed by atoms with Crippen LogP contribution in [0.4, 0.5) is 11.4 Å². The van der Waals surface area contributed by atoms with E-state index in [0.717, 1.165) is 13.1 Å². The molecule has 0 amide bonds. The average Bonchev–Trinajstić information content (AvgIpc) is 2.71. The number of unbranched alkanes of at least 4 members (excludes halogenated alkanes) is 2. The molecule has 2 rings (SSSR count). The van der Waals surface area contributed by atoms with Crippen LogP contribution >= 0.6 is 0 Å². The van der Waals surface area contributed by atoms with Gasteiger partial charge in [-0.1, -0.05) is 31.9 Å². The summed E-state index contributed by atoms with van der Waals surface area (Å²) in [6.45, 7) is 9.01. The van der Waals surface area contributed by atoms with Gasteiger partial charge in [-0.3, -0.25) is 0 Å². The molecule has 1 aliphatic heterocycles. The summed E-state index contributed by atoms with van der Waals surface area (Å²) in [5.74, 6) is 0. The molecule has 0 saturated heterocycles. The van der Waals surface area contributed by atoms with E-state index in [9.17, 15) is 0 Å². The zero-order valence-corrected chi connectivity index (χ0v) is 12.0. The Morgan fingerprint density at radius 3 is 1.89 bits per heavy atom. The maximum atomic E-state index is 2.56. The molecule has 0 N–H and O–H groups in total. The highest BCUT2D eigenvalue weighted by Crippen LogP contribution is 2.40. The number of para-hydroxylation sites is 2. The van der Waals surface area contributed by atoms with Gasteiger partial charge < -0.3 is 9.80 Å². The topological polar surface area (TPSA) is 6.48 Å². The lowest BCUT2D eigenvalue weighted by Gasteiger charge is -2.32. The summed E-state index contributed by atoms with van der Waals surface area (Å²) >= 11 is 0. The molecule has 1 aromatic rings. The van der Waals surface area contributed by atoms with E-state index < -0.39 is 0 Å². The molecule has 1 aromatic carbocycles. The zero-order chi connectivity index (χ0) is 13.0. The molecular weight excluding hydrogens is 220 g/mol. The first-order valence-corrected chi connectivity index (χ1v) is 7.45. The van der Waals surface area contributed by atoms with E-state index in [1.165, 1.54) is 37.1 Å². The maximum absolute atomic E-state index is 2.56. The van der Waals surface area contributed by atoms with Gasteiger partial charge in [0.05, 0.1) is 11.4 Å². The number of anilines is 2.